The van der Waals surface area contributed by atoms with Crippen molar-refractivity contribution in [2.45, 2.75) is 6.54 Å². The SMILES string of the molecule is O=c1[nH]c(-c2cc(-c3nccs3)n(Cc3ccccc3F)n2)ncc1F. The molecule has 26 heavy (non-hydrogen) atoms. The number of rotatable bonds is 4. The number of H-pyrrole nitrogens is 1. The fourth-order valence-electron chi connectivity index (χ4n) is 2.47. The summed E-state index contributed by atoms with van der Waals surface area (Å²) in [6, 6.07) is 8.07. The fourth-order valence-corrected chi connectivity index (χ4v) is 3.13. The highest BCUT2D eigenvalue weighted by Crippen LogP contribution is 2.27. The second kappa shape index (κ2) is 6.60. The van der Waals surface area contributed by atoms with Gasteiger partial charge < -0.3 is 4.98 Å². The van der Waals surface area contributed by atoms with Crippen molar-refractivity contribution in [2.75, 3.05) is 0 Å². The van der Waals surface area contributed by atoms with E-state index >= 15 is 0 Å². The molecule has 0 saturated carbocycles. The van der Waals surface area contributed by atoms with E-state index in [1.54, 1.807) is 35.1 Å². The zero-order valence-corrected chi connectivity index (χ0v) is 14.0. The Bertz CT molecular complexity index is 1120. The number of aromatic nitrogens is 5. The summed E-state index contributed by atoms with van der Waals surface area (Å²) in [5.41, 5.74) is 0.559. The first-order valence-corrected chi connectivity index (χ1v) is 8.46. The standard InChI is InChI=1S/C17H11F2N5OS/c18-11-4-2-1-3-10(11)9-24-14(17-20-5-6-26-17)7-13(23-24)15-21-8-12(19)16(25)22-15/h1-8H,9H2,(H,21,22,25). The Labute approximate surface area is 149 Å². The number of hydrogen-bond donors (Lipinski definition) is 1. The third kappa shape index (κ3) is 3.04. The number of thiazole rings is 1. The van der Waals surface area contributed by atoms with Crippen LogP contribution in [0.3, 0.4) is 0 Å². The molecule has 0 saturated heterocycles. The Morgan fingerprint density at radius 1 is 1.15 bits per heavy atom. The van der Waals surface area contributed by atoms with Gasteiger partial charge in [-0.15, -0.1) is 11.3 Å². The van der Waals surface area contributed by atoms with E-state index in [1.807, 2.05) is 5.38 Å². The van der Waals surface area contributed by atoms with E-state index < -0.39 is 11.4 Å². The van der Waals surface area contributed by atoms with Gasteiger partial charge in [0, 0.05) is 17.1 Å². The highest BCUT2D eigenvalue weighted by Gasteiger charge is 2.16. The van der Waals surface area contributed by atoms with Gasteiger partial charge in [0.1, 0.15) is 16.5 Å². The molecule has 4 rings (SSSR count). The molecule has 3 aromatic heterocycles. The third-order valence-electron chi connectivity index (χ3n) is 3.71. The van der Waals surface area contributed by atoms with Crippen molar-refractivity contribution in [2.24, 2.45) is 0 Å². The highest BCUT2D eigenvalue weighted by molar-refractivity contribution is 7.13. The van der Waals surface area contributed by atoms with Crippen molar-refractivity contribution in [1.82, 2.24) is 24.7 Å². The zero-order chi connectivity index (χ0) is 18.1. The average molecular weight is 371 g/mol. The molecule has 9 heteroatoms. The Balaban J connectivity index is 1.82. The van der Waals surface area contributed by atoms with Gasteiger partial charge in [-0.1, -0.05) is 18.2 Å². The van der Waals surface area contributed by atoms with Gasteiger partial charge in [0.2, 0.25) is 5.82 Å². The summed E-state index contributed by atoms with van der Waals surface area (Å²) in [6.07, 6.45) is 2.49. The lowest BCUT2D eigenvalue weighted by molar-refractivity contribution is 0.586. The molecule has 0 fully saturated rings. The predicted octanol–water partition coefficient (Wildman–Crippen LogP) is 3.08. The molecule has 3 heterocycles. The smallest absolute Gasteiger partial charge is 0.287 e. The van der Waals surface area contributed by atoms with Gasteiger partial charge >= 0.3 is 0 Å². The second-order valence-corrected chi connectivity index (χ2v) is 6.30. The first-order valence-electron chi connectivity index (χ1n) is 7.58. The van der Waals surface area contributed by atoms with Crippen molar-refractivity contribution in [1.29, 1.82) is 0 Å². The van der Waals surface area contributed by atoms with Crippen molar-refractivity contribution in [3.8, 4) is 22.2 Å². The minimum absolute atomic E-state index is 0.126. The molecule has 6 nitrogen and oxygen atoms in total. The second-order valence-electron chi connectivity index (χ2n) is 5.41. The normalized spacial score (nSPS) is 11.0. The van der Waals surface area contributed by atoms with Crippen LogP contribution in [0.2, 0.25) is 0 Å². The first-order chi connectivity index (χ1) is 12.6. The quantitative estimate of drug-likeness (QED) is 0.598. The van der Waals surface area contributed by atoms with E-state index in [2.05, 4.69) is 20.1 Å². The summed E-state index contributed by atoms with van der Waals surface area (Å²) < 4.78 is 28.8. The summed E-state index contributed by atoms with van der Waals surface area (Å²) >= 11 is 1.40. The third-order valence-corrected chi connectivity index (χ3v) is 4.50. The fraction of sp³-hybridized carbons (Fsp3) is 0.0588. The van der Waals surface area contributed by atoms with Gasteiger partial charge in [0.15, 0.2) is 5.82 Å². The minimum Gasteiger partial charge on any atom is -0.303 e. The molecule has 4 aromatic rings. The molecule has 0 spiro atoms. The predicted molar refractivity (Wildman–Crippen MR) is 92.6 cm³/mol. The summed E-state index contributed by atoms with van der Waals surface area (Å²) in [4.78, 5) is 22.0. The number of aromatic amines is 1. The van der Waals surface area contributed by atoms with Crippen LogP contribution in [0.5, 0.6) is 0 Å². The van der Waals surface area contributed by atoms with Gasteiger partial charge in [-0.05, 0) is 12.1 Å². The Hall–Kier alpha value is -3.20. The van der Waals surface area contributed by atoms with E-state index in [4.69, 9.17) is 0 Å². The van der Waals surface area contributed by atoms with Crippen LogP contribution < -0.4 is 5.56 Å². The molecule has 0 amide bonds. The molecule has 0 atom stereocenters. The number of nitrogens with zero attached hydrogens (tertiary/aromatic N) is 4. The van der Waals surface area contributed by atoms with Crippen LogP contribution in [0.1, 0.15) is 5.56 Å². The van der Waals surface area contributed by atoms with Crippen LogP contribution in [0.4, 0.5) is 8.78 Å². The summed E-state index contributed by atoms with van der Waals surface area (Å²) in [6.45, 7) is 0.174. The highest BCUT2D eigenvalue weighted by atomic mass is 32.1. The molecule has 1 aromatic carbocycles. The lowest BCUT2D eigenvalue weighted by Crippen LogP contribution is -2.12. The number of hydrogen-bond acceptors (Lipinski definition) is 5. The van der Waals surface area contributed by atoms with E-state index in [-0.39, 0.29) is 18.2 Å². The molecule has 0 radical (unpaired) electrons. The monoisotopic (exact) mass is 371 g/mol. The van der Waals surface area contributed by atoms with Gasteiger partial charge in [-0.3, -0.25) is 9.48 Å². The van der Waals surface area contributed by atoms with E-state index in [0.717, 1.165) is 6.20 Å². The maximum absolute atomic E-state index is 14.0. The lowest BCUT2D eigenvalue weighted by Gasteiger charge is -2.06. The van der Waals surface area contributed by atoms with E-state index in [0.29, 0.717) is 22.0 Å². The summed E-state index contributed by atoms with van der Waals surface area (Å²) in [5, 5.41) is 6.90. The molecule has 0 unspecified atom stereocenters. The molecule has 1 N–H and O–H groups in total. The number of nitrogens with one attached hydrogen (secondary N) is 1. The molecule has 130 valence electrons. The van der Waals surface area contributed by atoms with Crippen LogP contribution in [0.25, 0.3) is 22.2 Å². The average Bonchev–Trinajstić information content (AvgIpc) is 3.29. The van der Waals surface area contributed by atoms with Crippen molar-refractivity contribution in [3.63, 3.8) is 0 Å². The number of benzene rings is 1. The molecule has 0 aliphatic heterocycles. The Kier molecular flexibility index (Phi) is 4.13. The largest absolute Gasteiger partial charge is 0.303 e. The van der Waals surface area contributed by atoms with Crippen molar-refractivity contribution < 1.29 is 8.78 Å². The summed E-state index contributed by atoms with van der Waals surface area (Å²) in [5.74, 6) is -1.19. The molecule has 0 bridgehead atoms. The maximum Gasteiger partial charge on any atom is 0.287 e. The van der Waals surface area contributed by atoms with Crippen molar-refractivity contribution in [3.05, 3.63) is 75.7 Å². The lowest BCUT2D eigenvalue weighted by atomic mass is 10.2. The van der Waals surface area contributed by atoms with E-state index in [1.165, 1.54) is 17.4 Å². The van der Waals surface area contributed by atoms with Gasteiger partial charge in [0.25, 0.3) is 5.56 Å². The maximum atomic E-state index is 14.0. The van der Waals surface area contributed by atoms with Crippen molar-refractivity contribution >= 4 is 11.3 Å². The van der Waals surface area contributed by atoms with Crippen LogP contribution >= 0.6 is 11.3 Å². The van der Waals surface area contributed by atoms with Crippen LogP contribution in [-0.4, -0.2) is 24.7 Å². The van der Waals surface area contributed by atoms with Gasteiger partial charge in [-0.25, -0.2) is 14.4 Å². The van der Waals surface area contributed by atoms with Crippen LogP contribution in [0, 0.1) is 11.6 Å². The van der Waals surface area contributed by atoms with Crippen LogP contribution in [0.15, 0.2) is 52.9 Å². The Morgan fingerprint density at radius 3 is 2.73 bits per heavy atom. The topological polar surface area (TPSA) is 76.5 Å². The molecular formula is C17H11F2N5OS. The molecule has 0 aliphatic rings. The van der Waals surface area contributed by atoms with E-state index in [9.17, 15) is 13.6 Å². The minimum atomic E-state index is -0.973. The number of halogens is 2. The molecular weight excluding hydrogens is 360 g/mol. The molecule has 0 aliphatic carbocycles. The van der Waals surface area contributed by atoms with Gasteiger partial charge in [-0.2, -0.15) is 9.49 Å². The Morgan fingerprint density at radius 2 is 2.00 bits per heavy atom. The summed E-state index contributed by atoms with van der Waals surface area (Å²) in [7, 11) is 0. The van der Waals surface area contributed by atoms with Gasteiger partial charge in [0.05, 0.1) is 18.4 Å². The zero-order valence-electron chi connectivity index (χ0n) is 13.2. The van der Waals surface area contributed by atoms with Crippen LogP contribution in [-0.2, 0) is 6.54 Å². The first kappa shape index (κ1) is 16.3.